The molecule has 3 aromatic rings. The second-order valence-corrected chi connectivity index (χ2v) is 7.42. The van der Waals surface area contributed by atoms with Gasteiger partial charge >= 0.3 is 5.92 Å². The van der Waals surface area contributed by atoms with Crippen LogP contribution in [0.3, 0.4) is 0 Å². The minimum absolute atomic E-state index is 0.251. The van der Waals surface area contributed by atoms with Crippen LogP contribution in [0.5, 0.6) is 0 Å². The van der Waals surface area contributed by atoms with Crippen molar-refractivity contribution in [2.75, 3.05) is 11.4 Å². The zero-order chi connectivity index (χ0) is 18.5. The lowest BCUT2D eigenvalue weighted by molar-refractivity contribution is 0.00334. The molecule has 26 heavy (non-hydrogen) atoms. The zero-order valence-corrected chi connectivity index (χ0v) is 15.2. The lowest BCUT2D eigenvalue weighted by Gasteiger charge is -2.29. The first-order valence-corrected chi connectivity index (χ1v) is 9.18. The highest BCUT2D eigenvalue weighted by molar-refractivity contribution is 7.18. The van der Waals surface area contributed by atoms with E-state index in [1.165, 1.54) is 9.44 Å². The van der Waals surface area contributed by atoms with Crippen molar-refractivity contribution in [2.45, 2.75) is 45.9 Å². The van der Waals surface area contributed by atoms with Crippen LogP contribution in [0.25, 0.3) is 10.2 Å². The molecule has 10 heteroatoms. The third kappa shape index (κ3) is 2.82. The van der Waals surface area contributed by atoms with Crippen LogP contribution in [0.15, 0.2) is 6.07 Å². The van der Waals surface area contributed by atoms with Crippen molar-refractivity contribution in [1.82, 2.24) is 24.7 Å². The van der Waals surface area contributed by atoms with Gasteiger partial charge < -0.3 is 14.6 Å². The summed E-state index contributed by atoms with van der Waals surface area (Å²) in [5.74, 6) is -1.79. The van der Waals surface area contributed by atoms with Gasteiger partial charge in [-0.05, 0) is 12.5 Å². The number of fused-ring (bicyclic) bond motifs is 2. The van der Waals surface area contributed by atoms with Gasteiger partial charge in [0.25, 0.3) is 0 Å². The van der Waals surface area contributed by atoms with Crippen LogP contribution in [0.1, 0.15) is 36.2 Å². The van der Waals surface area contributed by atoms with E-state index in [9.17, 15) is 13.9 Å². The summed E-state index contributed by atoms with van der Waals surface area (Å²) >= 11 is 1.58. The number of aromatic nitrogens is 5. The van der Waals surface area contributed by atoms with Crippen molar-refractivity contribution in [1.29, 1.82) is 0 Å². The molecule has 1 N–H and O–H groups in total. The Morgan fingerprint density at radius 2 is 2.08 bits per heavy atom. The maximum atomic E-state index is 13.7. The molecule has 0 fully saturated rings. The molecule has 7 nitrogen and oxygen atoms in total. The van der Waals surface area contributed by atoms with E-state index in [-0.39, 0.29) is 12.4 Å². The van der Waals surface area contributed by atoms with Gasteiger partial charge in [-0.25, -0.2) is 9.97 Å². The largest absolute Gasteiger partial charge is 0.388 e. The van der Waals surface area contributed by atoms with Crippen LogP contribution in [0.4, 0.5) is 14.6 Å². The van der Waals surface area contributed by atoms with Crippen LogP contribution < -0.4 is 4.90 Å². The first-order valence-electron chi connectivity index (χ1n) is 8.36. The number of aliphatic hydroxyl groups excluding tert-OH is 1. The first-order chi connectivity index (χ1) is 12.4. The minimum atomic E-state index is -3.02. The van der Waals surface area contributed by atoms with Gasteiger partial charge in [0.2, 0.25) is 5.82 Å². The van der Waals surface area contributed by atoms with Gasteiger partial charge in [-0.3, -0.25) is 0 Å². The summed E-state index contributed by atoms with van der Waals surface area (Å²) in [6.45, 7) is 3.83. The Labute approximate surface area is 152 Å². The number of aryl methyl sites for hydroxylation is 1. The highest BCUT2D eigenvalue weighted by Crippen LogP contribution is 2.34. The number of hydrogen-bond donors (Lipinski definition) is 1. The Balaban J connectivity index is 1.75. The van der Waals surface area contributed by atoms with Crippen LogP contribution in [-0.2, 0) is 32.0 Å². The summed E-state index contributed by atoms with van der Waals surface area (Å²) in [4.78, 5) is 12.9. The van der Waals surface area contributed by atoms with Crippen LogP contribution in [0, 0.1) is 0 Å². The summed E-state index contributed by atoms with van der Waals surface area (Å²) in [5, 5.41) is 18.0. The van der Waals surface area contributed by atoms with Crippen molar-refractivity contribution in [2.24, 2.45) is 0 Å². The minimum Gasteiger partial charge on any atom is -0.388 e. The fraction of sp³-hybridized carbons (Fsp3) is 0.500. The molecule has 0 saturated carbocycles. The molecule has 0 spiro atoms. The summed E-state index contributed by atoms with van der Waals surface area (Å²) < 4.78 is 28.8. The molecule has 0 amide bonds. The quantitative estimate of drug-likeness (QED) is 0.749. The third-order valence-electron chi connectivity index (χ3n) is 4.41. The van der Waals surface area contributed by atoms with E-state index >= 15 is 0 Å². The van der Waals surface area contributed by atoms with E-state index in [0.29, 0.717) is 37.1 Å². The third-order valence-corrected chi connectivity index (χ3v) is 5.58. The average Bonchev–Trinajstić information content (AvgIpc) is 3.23. The zero-order valence-electron chi connectivity index (χ0n) is 14.4. The second kappa shape index (κ2) is 6.20. The maximum Gasteiger partial charge on any atom is 0.304 e. The molecular weight excluding hydrogens is 362 g/mol. The summed E-state index contributed by atoms with van der Waals surface area (Å²) in [6.07, 6.45) is 0.887. The normalized spacial score (nSPS) is 14.9. The SMILES string of the molecule is CCc1cc2c(N3CCn4c(nnc4C(C)(F)F)C3)nc(CO)nc2s1. The van der Waals surface area contributed by atoms with Gasteiger partial charge in [0, 0.05) is 24.9 Å². The number of halogens is 2. The monoisotopic (exact) mass is 380 g/mol. The molecule has 0 atom stereocenters. The molecule has 3 aromatic heterocycles. The van der Waals surface area contributed by atoms with Crippen LogP contribution >= 0.6 is 11.3 Å². The molecule has 4 heterocycles. The van der Waals surface area contributed by atoms with Crippen molar-refractivity contribution < 1.29 is 13.9 Å². The van der Waals surface area contributed by atoms with Crippen molar-refractivity contribution in [3.63, 3.8) is 0 Å². The second-order valence-electron chi connectivity index (χ2n) is 6.31. The maximum absolute atomic E-state index is 13.7. The Kier molecular flexibility index (Phi) is 4.11. The van der Waals surface area contributed by atoms with Crippen molar-refractivity contribution in [3.8, 4) is 0 Å². The van der Waals surface area contributed by atoms with Crippen LogP contribution in [0.2, 0.25) is 0 Å². The molecule has 0 bridgehead atoms. The van der Waals surface area contributed by atoms with E-state index in [1.807, 2.05) is 4.90 Å². The predicted molar refractivity (Wildman–Crippen MR) is 93.4 cm³/mol. The summed E-state index contributed by atoms with van der Waals surface area (Å²) in [7, 11) is 0. The smallest absolute Gasteiger partial charge is 0.304 e. The summed E-state index contributed by atoms with van der Waals surface area (Å²) in [6, 6.07) is 2.06. The van der Waals surface area contributed by atoms with E-state index in [4.69, 9.17) is 0 Å². The Bertz CT molecular complexity index is 964. The molecule has 0 aliphatic carbocycles. The highest BCUT2D eigenvalue weighted by Gasteiger charge is 2.35. The van der Waals surface area contributed by atoms with E-state index < -0.39 is 5.92 Å². The lowest BCUT2D eigenvalue weighted by Crippen LogP contribution is -2.36. The number of alkyl halides is 2. The first kappa shape index (κ1) is 17.2. The number of anilines is 1. The van der Waals surface area contributed by atoms with Crippen molar-refractivity contribution >= 4 is 27.4 Å². The van der Waals surface area contributed by atoms with Gasteiger partial charge in [0.1, 0.15) is 17.3 Å². The number of nitrogens with zero attached hydrogens (tertiary/aromatic N) is 6. The molecular formula is C16H18F2N6OS. The van der Waals surface area contributed by atoms with Gasteiger partial charge in [-0.15, -0.1) is 21.5 Å². The van der Waals surface area contributed by atoms with E-state index in [2.05, 4.69) is 33.2 Å². The van der Waals surface area contributed by atoms with E-state index in [0.717, 1.165) is 23.6 Å². The topological polar surface area (TPSA) is 80.0 Å². The highest BCUT2D eigenvalue weighted by atomic mass is 32.1. The number of hydrogen-bond acceptors (Lipinski definition) is 7. The Morgan fingerprint density at radius 3 is 2.77 bits per heavy atom. The molecule has 0 saturated heterocycles. The Hall–Kier alpha value is -2.20. The molecule has 4 rings (SSSR count). The fourth-order valence-corrected chi connectivity index (χ4v) is 4.13. The molecule has 1 aliphatic heterocycles. The van der Waals surface area contributed by atoms with Gasteiger partial charge in [0.05, 0.1) is 11.9 Å². The number of thiophene rings is 1. The standard InChI is InChI=1S/C16H18F2N6OS/c1-3-9-6-10-13(19-11(8-25)20-14(10)26-9)23-4-5-24-12(7-23)21-22-15(24)16(2,17)18/h6,25H,3-5,7-8H2,1-2H3. The van der Waals surface area contributed by atoms with Crippen LogP contribution in [-0.4, -0.2) is 36.4 Å². The molecule has 0 radical (unpaired) electrons. The molecule has 0 unspecified atom stereocenters. The molecule has 138 valence electrons. The average molecular weight is 380 g/mol. The number of aliphatic hydroxyl groups is 1. The Morgan fingerprint density at radius 1 is 1.27 bits per heavy atom. The number of rotatable bonds is 4. The molecule has 0 aromatic carbocycles. The molecule has 1 aliphatic rings. The van der Waals surface area contributed by atoms with E-state index in [1.54, 1.807) is 11.3 Å². The fourth-order valence-electron chi connectivity index (χ4n) is 3.15. The van der Waals surface area contributed by atoms with Crippen molar-refractivity contribution in [3.05, 3.63) is 28.4 Å². The predicted octanol–water partition coefficient (Wildman–Crippen LogP) is 2.47. The lowest BCUT2D eigenvalue weighted by atomic mass is 10.2. The van der Waals surface area contributed by atoms with Gasteiger partial charge in [-0.1, -0.05) is 6.92 Å². The van der Waals surface area contributed by atoms with Gasteiger partial charge in [0.15, 0.2) is 11.6 Å². The summed E-state index contributed by atoms with van der Waals surface area (Å²) in [5.41, 5.74) is 0. The van der Waals surface area contributed by atoms with Gasteiger partial charge in [-0.2, -0.15) is 8.78 Å².